The van der Waals surface area contributed by atoms with Gasteiger partial charge >= 0.3 is 0 Å². The van der Waals surface area contributed by atoms with Crippen LogP contribution in [0.1, 0.15) is 12.5 Å². The minimum Gasteiger partial charge on any atom is -0.301 e. The first-order valence-electron chi connectivity index (χ1n) is 4.38. The molecule has 5 heteroatoms. The molecule has 0 radical (unpaired) electrons. The average Bonchev–Trinajstić information content (AvgIpc) is 2.81. The first-order valence-corrected chi connectivity index (χ1v) is 4.38. The van der Waals surface area contributed by atoms with Gasteiger partial charge in [-0.05, 0) is 24.1 Å². The minimum absolute atomic E-state index is 0.487. The molecule has 3 rings (SSSR count). The molecule has 0 amide bonds. The van der Waals surface area contributed by atoms with Crippen molar-refractivity contribution >= 4 is 0 Å². The van der Waals surface area contributed by atoms with Crippen LogP contribution in [0.25, 0.3) is 0 Å². The van der Waals surface area contributed by atoms with E-state index in [2.05, 4.69) is 20.3 Å². The van der Waals surface area contributed by atoms with E-state index in [1.165, 1.54) is 25.8 Å². The fourth-order valence-corrected chi connectivity index (χ4v) is 2.34. The van der Waals surface area contributed by atoms with E-state index in [1.54, 1.807) is 4.80 Å². The van der Waals surface area contributed by atoms with Crippen LogP contribution >= 0.6 is 0 Å². The van der Waals surface area contributed by atoms with Crippen molar-refractivity contribution in [1.82, 2.24) is 25.1 Å². The summed E-state index contributed by atoms with van der Waals surface area (Å²) in [6.07, 6.45) is 2.81. The highest BCUT2D eigenvalue weighted by Gasteiger charge is 2.39. The standard InChI is InChI=1S/C7H11N5/c1-2-11-3-6(1)7(4-11)12-9-5-8-10-12/h5-7H,1-4H2/t6-,7-/m1/s1. The van der Waals surface area contributed by atoms with Gasteiger partial charge < -0.3 is 4.90 Å². The second-order valence-electron chi connectivity index (χ2n) is 3.63. The van der Waals surface area contributed by atoms with Crippen LogP contribution in [-0.4, -0.2) is 44.7 Å². The molecule has 12 heavy (non-hydrogen) atoms. The maximum Gasteiger partial charge on any atom is 0.162 e. The summed E-state index contributed by atoms with van der Waals surface area (Å²) in [7, 11) is 0. The van der Waals surface area contributed by atoms with Crippen molar-refractivity contribution in [2.45, 2.75) is 12.5 Å². The van der Waals surface area contributed by atoms with Gasteiger partial charge in [-0.2, -0.15) is 4.80 Å². The van der Waals surface area contributed by atoms with E-state index < -0.39 is 0 Å². The lowest BCUT2D eigenvalue weighted by molar-refractivity contribution is 0.263. The number of piperidine rings is 1. The fourth-order valence-electron chi connectivity index (χ4n) is 2.34. The largest absolute Gasteiger partial charge is 0.301 e. The van der Waals surface area contributed by atoms with Crippen molar-refractivity contribution in [1.29, 1.82) is 0 Å². The predicted molar refractivity (Wildman–Crippen MR) is 41.4 cm³/mol. The molecule has 2 bridgehead atoms. The zero-order valence-electron chi connectivity index (χ0n) is 6.80. The zero-order chi connectivity index (χ0) is 7.97. The van der Waals surface area contributed by atoms with E-state index in [4.69, 9.17) is 0 Å². The van der Waals surface area contributed by atoms with E-state index in [1.807, 2.05) is 0 Å². The van der Waals surface area contributed by atoms with E-state index >= 15 is 0 Å². The molecule has 2 aliphatic heterocycles. The molecule has 0 aromatic carbocycles. The molecule has 0 spiro atoms. The Balaban J connectivity index is 1.87. The van der Waals surface area contributed by atoms with Crippen LogP contribution in [-0.2, 0) is 0 Å². The molecule has 0 aliphatic carbocycles. The summed E-state index contributed by atoms with van der Waals surface area (Å²) in [6, 6.07) is 0.487. The predicted octanol–water partition coefficient (Wildman–Crippen LogP) is -0.450. The molecule has 0 saturated carbocycles. The van der Waals surface area contributed by atoms with Gasteiger partial charge in [0.1, 0.15) is 0 Å². The van der Waals surface area contributed by atoms with Gasteiger partial charge in [-0.15, -0.1) is 10.2 Å². The van der Waals surface area contributed by atoms with Crippen LogP contribution in [0.15, 0.2) is 6.33 Å². The highest BCUT2D eigenvalue weighted by molar-refractivity contribution is 4.91. The lowest BCUT2D eigenvalue weighted by Gasteiger charge is -2.20. The van der Waals surface area contributed by atoms with Crippen molar-refractivity contribution in [3.8, 4) is 0 Å². The molecule has 5 nitrogen and oxygen atoms in total. The average molecular weight is 165 g/mol. The summed E-state index contributed by atoms with van der Waals surface area (Å²) >= 11 is 0. The van der Waals surface area contributed by atoms with E-state index in [9.17, 15) is 0 Å². The molecule has 64 valence electrons. The van der Waals surface area contributed by atoms with Crippen molar-refractivity contribution < 1.29 is 0 Å². The van der Waals surface area contributed by atoms with Crippen LogP contribution < -0.4 is 0 Å². The highest BCUT2D eigenvalue weighted by atomic mass is 15.6. The zero-order valence-corrected chi connectivity index (χ0v) is 6.80. The monoisotopic (exact) mass is 165 g/mol. The van der Waals surface area contributed by atoms with Crippen LogP contribution in [0, 0.1) is 5.92 Å². The van der Waals surface area contributed by atoms with Crippen LogP contribution in [0.3, 0.4) is 0 Å². The third-order valence-electron chi connectivity index (χ3n) is 2.96. The quantitative estimate of drug-likeness (QED) is 0.565. The topological polar surface area (TPSA) is 46.8 Å². The van der Waals surface area contributed by atoms with E-state index in [0.717, 1.165) is 12.5 Å². The Morgan fingerprint density at radius 1 is 1.33 bits per heavy atom. The maximum atomic E-state index is 4.08. The number of aromatic nitrogens is 4. The van der Waals surface area contributed by atoms with Crippen LogP contribution in [0.4, 0.5) is 0 Å². The second kappa shape index (κ2) is 2.26. The molecular formula is C7H11N5. The smallest absolute Gasteiger partial charge is 0.162 e. The van der Waals surface area contributed by atoms with Gasteiger partial charge in [-0.25, -0.2) is 0 Å². The molecule has 1 unspecified atom stereocenters. The molecule has 2 aliphatic rings. The number of rotatable bonds is 1. The Morgan fingerprint density at radius 2 is 2.33 bits per heavy atom. The van der Waals surface area contributed by atoms with Gasteiger partial charge in [0.15, 0.2) is 6.33 Å². The highest BCUT2D eigenvalue weighted by Crippen LogP contribution is 2.34. The maximum absolute atomic E-state index is 4.08. The Hall–Kier alpha value is -0.970. The summed E-state index contributed by atoms with van der Waals surface area (Å²) in [5, 5.41) is 11.8. The number of fused-ring (bicyclic) bond motifs is 2. The number of hydrogen-bond donors (Lipinski definition) is 0. The lowest BCUT2D eigenvalue weighted by Crippen LogP contribution is -2.27. The number of hydrogen-bond acceptors (Lipinski definition) is 4. The normalized spacial score (nSPS) is 39.2. The first kappa shape index (κ1) is 6.54. The molecule has 3 heterocycles. The van der Waals surface area contributed by atoms with Gasteiger partial charge in [0.25, 0.3) is 0 Å². The van der Waals surface area contributed by atoms with Gasteiger partial charge in [0, 0.05) is 13.1 Å². The van der Waals surface area contributed by atoms with E-state index in [-0.39, 0.29) is 0 Å². The Morgan fingerprint density at radius 3 is 2.92 bits per heavy atom. The van der Waals surface area contributed by atoms with Gasteiger partial charge in [0.05, 0.1) is 6.04 Å². The molecule has 2 fully saturated rings. The third kappa shape index (κ3) is 0.797. The molecule has 2 saturated heterocycles. The van der Waals surface area contributed by atoms with Gasteiger partial charge in [-0.3, -0.25) is 0 Å². The molecule has 0 N–H and O–H groups in total. The SMILES string of the molecule is c1nnn([C@@H]2CN3CC[C@@H]2C3)n1. The minimum atomic E-state index is 0.487. The number of tetrazole rings is 1. The first-order chi connectivity index (χ1) is 5.93. The third-order valence-corrected chi connectivity index (χ3v) is 2.96. The van der Waals surface area contributed by atoms with Crippen molar-refractivity contribution in [2.75, 3.05) is 19.6 Å². The van der Waals surface area contributed by atoms with Gasteiger partial charge in [-0.1, -0.05) is 0 Å². The Bertz CT molecular complexity index is 269. The molecule has 1 aromatic rings. The Labute approximate surface area is 70.4 Å². The lowest BCUT2D eigenvalue weighted by atomic mass is 10.0. The van der Waals surface area contributed by atoms with Crippen molar-refractivity contribution in [2.24, 2.45) is 5.92 Å². The van der Waals surface area contributed by atoms with Crippen molar-refractivity contribution in [3.63, 3.8) is 0 Å². The van der Waals surface area contributed by atoms with E-state index in [0.29, 0.717) is 6.04 Å². The van der Waals surface area contributed by atoms with Gasteiger partial charge in [0.2, 0.25) is 0 Å². The summed E-state index contributed by atoms with van der Waals surface area (Å²) in [5.74, 6) is 0.763. The summed E-state index contributed by atoms with van der Waals surface area (Å²) in [6.45, 7) is 3.60. The summed E-state index contributed by atoms with van der Waals surface area (Å²) < 4.78 is 0. The molecule has 3 atom stereocenters. The van der Waals surface area contributed by atoms with Crippen LogP contribution in [0.5, 0.6) is 0 Å². The molecular weight excluding hydrogens is 154 g/mol. The van der Waals surface area contributed by atoms with Crippen molar-refractivity contribution in [3.05, 3.63) is 6.33 Å². The summed E-state index contributed by atoms with van der Waals surface area (Å²) in [5.41, 5.74) is 0. The van der Waals surface area contributed by atoms with Crippen LogP contribution in [0.2, 0.25) is 0 Å². The summed E-state index contributed by atoms with van der Waals surface area (Å²) in [4.78, 5) is 4.24. The number of nitrogens with zero attached hydrogens (tertiary/aromatic N) is 5. The molecule has 1 aromatic heterocycles. The second-order valence-corrected chi connectivity index (χ2v) is 3.63. The Kier molecular flexibility index (Phi) is 1.23. The fraction of sp³-hybridized carbons (Fsp3) is 0.857.